The van der Waals surface area contributed by atoms with Gasteiger partial charge in [-0.25, -0.2) is 4.98 Å². The lowest BCUT2D eigenvalue weighted by molar-refractivity contribution is 0.0700. The predicted molar refractivity (Wildman–Crippen MR) is 178 cm³/mol. The van der Waals surface area contributed by atoms with Crippen molar-refractivity contribution in [1.82, 2.24) is 29.2 Å². The number of imidazole rings is 1. The molecule has 1 aliphatic heterocycles. The molecule has 46 heavy (non-hydrogen) atoms. The molecule has 3 atom stereocenters. The number of carbonyl (C=O) groups excluding carboxylic acids is 1. The standard InChI is InChI=1S/C36H35N7O3/c1-41-34-27(12-24(15-32(34)46-2)36(45)43-18-23-8-10-28(43)33(23)37)39-35(41)30-14-22-6-5-21(13-29(22)42(30)17-19-3-4-19)20-7-9-26-25(11-20)31(44)16-38-40-26/h5-7,9,11-16,19,23,28,33H,3-4,8,10,17-18,37H2,1-2H3,(H,40,44)/t23?,28?,33-/m1/s1. The lowest BCUT2D eigenvalue weighted by Crippen LogP contribution is -2.41. The van der Waals surface area contributed by atoms with Gasteiger partial charge in [0.1, 0.15) is 11.3 Å². The van der Waals surface area contributed by atoms with Gasteiger partial charge in [0.25, 0.3) is 5.91 Å². The minimum atomic E-state index is -0.102. The summed E-state index contributed by atoms with van der Waals surface area (Å²) in [5, 5.41) is 8.59. The van der Waals surface area contributed by atoms with Crippen LogP contribution in [0.5, 0.6) is 5.75 Å². The third-order valence-electron chi connectivity index (χ3n) is 10.6. The number of hydrogen-bond acceptors (Lipinski definition) is 6. The lowest BCUT2D eigenvalue weighted by atomic mass is 10.0. The van der Waals surface area contributed by atoms with Crippen molar-refractivity contribution >= 4 is 38.7 Å². The van der Waals surface area contributed by atoms with Crippen LogP contribution in [0.15, 0.2) is 65.6 Å². The van der Waals surface area contributed by atoms with Gasteiger partial charge in [0.15, 0.2) is 5.82 Å². The highest BCUT2D eigenvalue weighted by Gasteiger charge is 2.47. The van der Waals surface area contributed by atoms with Gasteiger partial charge in [0.2, 0.25) is 5.43 Å². The number of amides is 1. The number of nitrogens with one attached hydrogen (secondary N) is 1. The molecule has 2 bridgehead atoms. The molecule has 232 valence electrons. The summed E-state index contributed by atoms with van der Waals surface area (Å²) in [6, 6.07) is 18.5. The summed E-state index contributed by atoms with van der Waals surface area (Å²) in [4.78, 5) is 33.4. The zero-order chi connectivity index (χ0) is 31.3. The first kappa shape index (κ1) is 27.4. The summed E-state index contributed by atoms with van der Waals surface area (Å²) >= 11 is 0. The van der Waals surface area contributed by atoms with E-state index >= 15 is 0 Å². The number of likely N-dealkylation sites (tertiary alicyclic amines) is 1. The Balaban J connectivity index is 1.16. The zero-order valence-corrected chi connectivity index (χ0v) is 25.9. The summed E-state index contributed by atoms with van der Waals surface area (Å²) in [6.45, 7) is 1.61. The third-order valence-corrected chi connectivity index (χ3v) is 10.6. The number of nitrogens with zero attached hydrogens (tertiary/aromatic N) is 5. The molecule has 2 unspecified atom stereocenters. The fraction of sp³-hybridized carbons (Fsp3) is 0.333. The molecule has 3 aromatic carbocycles. The molecule has 1 amide bonds. The Morgan fingerprint density at radius 1 is 1.04 bits per heavy atom. The van der Waals surface area contributed by atoms with Gasteiger partial charge < -0.3 is 24.5 Å². The van der Waals surface area contributed by atoms with Gasteiger partial charge in [0.05, 0.1) is 30.0 Å². The van der Waals surface area contributed by atoms with Gasteiger partial charge in [-0.2, -0.15) is 5.10 Å². The second kappa shape index (κ2) is 10.0. The highest BCUT2D eigenvalue weighted by Crippen LogP contribution is 2.41. The zero-order valence-electron chi connectivity index (χ0n) is 25.9. The number of fused-ring (bicyclic) bond motifs is 5. The molecule has 2 saturated carbocycles. The number of ether oxygens (including phenoxy) is 1. The van der Waals surface area contributed by atoms with E-state index in [1.165, 1.54) is 19.0 Å². The maximum absolute atomic E-state index is 13.7. The van der Waals surface area contributed by atoms with Crippen molar-refractivity contribution in [1.29, 1.82) is 0 Å². The summed E-state index contributed by atoms with van der Waals surface area (Å²) < 4.78 is 10.3. The number of aryl methyl sites for hydroxylation is 1. The van der Waals surface area contributed by atoms with Crippen molar-refractivity contribution in [3.63, 3.8) is 0 Å². The first-order valence-corrected chi connectivity index (χ1v) is 16.1. The van der Waals surface area contributed by atoms with Crippen LogP contribution in [0.25, 0.3) is 55.5 Å². The van der Waals surface area contributed by atoms with E-state index in [4.69, 9.17) is 15.5 Å². The van der Waals surface area contributed by atoms with Gasteiger partial charge in [-0.05, 0) is 85.0 Å². The molecule has 2 aliphatic carbocycles. The quantitative estimate of drug-likeness (QED) is 0.270. The first-order chi connectivity index (χ1) is 22.4. The second-order valence-electron chi connectivity index (χ2n) is 13.3. The minimum Gasteiger partial charge on any atom is -0.494 e. The van der Waals surface area contributed by atoms with E-state index in [1.807, 2.05) is 42.3 Å². The lowest BCUT2D eigenvalue weighted by Gasteiger charge is -2.27. The van der Waals surface area contributed by atoms with Crippen LogP contribution in [-0.2, 0) is 13.6 Å². The molecular formula is C36H35N7O3. The van der Waals surface area contributed by atoms with Crippen LogP contribution in [0.2, 0.25) is 0 Å². The smallest absolute Gasteiger partial charge is 0.254 e. The summed E-state index contributed by atoms with van der Waals surface area (Å²) in [5.41, 5.74) is 13.4. The average Bonchev–Trinajstić information content (AvgIpc) is 3.48. The predicted octanol–water partition coefficient (Wildman–Crippen LogP) is 5.08. The van der Waals surface area contributed by atoms with E-state index in [-0.39, 0.29) is 23.4 Å². The van der Waals surface area contributed by atoms with Gasteiger partial charge in [-0.1, -0.05) is 18.2 Å². The summed E-state index contributed by atoms with van der Waals surface area (Å²) in [7, 11) is 3.66. The maximum Gasteiger partial charge on any atom is 0.254 e. The number of hydrogen-bond donors (Lipinski definition) is 2. The molecule has 3 fully saturated rings. The van der Waals surface area contributed by atoms with Crippen LogP contribution in [-0.4, -0.2) is 60.9 Å². The van der Waals surface area contributed by atoms with Crippen LogP contribution >= 0.6 is 0 Å². The molecule has 10 heteroatoms. The first-order valence-electron chi connectivity index (χ1n) is 16.1. The Bertz CT molecular complexity index is 2280. The van der Waals surface area contributed by atoms with Crippen molar-refractivity contribution in [3.8, 4) is 28.4 Å². The van der Waals surface area contributed by atoms with E-state index in [0.29, 0.717) is 35.1 Å². The number of H-pyrrole nitrogens is 1. The van der Waals surface area contributed by atoms with Crippen LogP contribution in [0.1, 0.15) is 36.0 Å². The monoisotopic (exact) mass is 613 g/mol. The highest BCUT2D eigenvalue weighted by molar-refractivity contribution is 6.01. The highest BCUT2D eigenvalue weighted by atomic mass is 16.5. The van der Waals surface area contributed by atoms with E-state index in [0.717, 1.165) is 69.5 Å². The van der Waals surface area contributed by atoms with Gasteiger partial charge in [-0.15, -0.1) is 0 Å². The van der Waals surface area contributed by atoms with E-state index in [1.54, 1.807) is 7.11 Å². The number of nitrogens with two attached hydrogens (primary N) is 1. The van der Waals surface area contributed by atoms with E-state index in [9.17, 15) is 9.59 Å². The van der Waals surface area contributed by atoms with Crippen molar-refractivity contribution in [2.75, 3.05) is 13.7 Å². The molecular weight excluding hydrogens is 578 g/mol. The Morgan fingerprint density at radius 3 is 2.63 bits per heavy atom. The normalized spacial score (nSPS) is 20.8. The second-order valence-corrected chi connectivity index (χ2v) is 13.3. The van der Waals surface area contributed by atoms with Crippen LogP contribution in [0.4, 0.5) is 0 Å². The number of piperidine rings is 1. The minimum absolute atomic E-state index is 0.00243. The van der Waals surface area contributed by atoms with Gasteiger partial charge in [-0.3, -0.25) is 14.7 Å². The number of rotatable bonds is 6. The van der Waals surface area contributed by atoms with Crippen LogP contribution in [0.3, 0.4) is 0 Å². The van der Waals surface area contributed by atoms with Crippen LogP contribution in [0, 0.1) is 11.8 Å². The molecule has 0 radical (unpaired) electrons. The van der Waals surface area contributed by atoms with Gasteiger partial charge in [0, 0.05) is 54.1 Å². The number of aromatic amines is 1. The van der Waals surface area contributed by atoms with Crippen molar-refractivity contribution < 1.29 is 9.53 Å². The molecule has 3 aromatic heterocycles. The van der Waals surface area contributed by atoms with Crippen molar-refractivity contribution in [2.45, 2.75) is 44.3 Å². The molecule has 6 aromatic rings. The fourth-order valence-electron chi connectivity index (χ4n) is 7.90. The number of methoxy groups -OCH3 is 1. The van der Waals surface area contributed by atoms with Crippen molar-refractivity contribution in [2.24, 2.45) is 24.6 Å². The maximum atomic E-state index is 13.7. The number of carbonyl (C=O) groups is 1. The largest absolute Gasteiger partial charge is 0.494 e. The van der Waals surface area contributed by atoms with Crippen molar-refractivity contribution in [3.05, 3.63) is 76.6 Å². The summed E-state index contributed by atoms with van der Waals surface area (Å²) in [6.07, 6.45) is 5.80. The Hall–Kier alpha value is -4.96. The Morgan fingerprint density at radius 2 is 1.87 bits per heavy atom. The molecule has 0 spiro atoms. The fourth-order valence-corrected chi connectivity index (χ4v) is 7.90. The molecule has 9 rings (SSSR count). The van der Waals surface area contributed by atoms with E-state index in [2.05, 4.69) is 43.6 Å². The molecule has 3 aliphatic rings. The Kier molecular flexibility index (Phi) is 5.96. The molecule has 4 heterocycles. The van der Waals surface area contributed by atoms with E-state index < -0.39 is 0 Å². The topological polar surface area (TPSA) is 124 Å². The molecule has 3 N–H and O–H groups in total. The molecule has 1 saturated heterocycles. The van der Waals surface area contributed by atoms with Gasteiger partial charge >= 0.3 is 0 Å². The molecule has 10 nitrogen and oxygen atoms in total. The third kappa shape index (κ3) is 4.12. The van der Waals surface area contributed by atoms with Crippen LogP contribution < -0.4 is 15.9 Å². The average molecular weight is 614 g/mol. The number of aromatic nitrogens is 5. The Labute approximate surface area is 264 Å². The number of benzene rings is 3. The SMILES string of the molecule is COc1cc(C(=O)N2CC3CCC2[C@@H]3N)cc2nc(-c3cc4ccc(-c5ccc6[nH]ncc(=O)c6c5)cc4n3CC3CC3)n(C)c12. The summed E-state index contributed by atoms with van der Waals surface area (Å²) in [5.74, 6) is 2.46.